The molecule has 1 atom stereocenters. The molecule has 8 nitrogen and oxygen atoms in total. The van der Waals surface area contributed by atoms with E-state index in [1.54, 1.807) is 23.1 Å². The fourth-order valence-corrected chi connectivity index (χ4v) is 3.82. The Morgan fingerprint density at radius 3 is 2.59 bits per heavy atom. The van der Waals surface area contributed by atoms with E-state index in [-0.39, 0.29) is 37.3 Å². The number of ether oxygens (including phenoxy) is 1. The van der Waals surface area contributed by atoms with Gasteiger partial charge in [0, 0.05) is 30.6 Å². The molecule has 1 N–H and O–H groups in total. The van der Waals surface area contributed by atoms with Crippen LogP contribution in [0.15, 0.2) is 18.2 Å². The second-order valence-electron chi connectivity index (χ2n) is 7.35. The van der Waals surface area contributed by atoms with E-state index in [0.29, 0.717) is 36.4 Å². The van der Waals surface area contributed by atoms with E-state index in [0.717, 1.165) is 12.8 Å². The Balaban J connectivity index is 1.71. The van der Waals surface area contributed by atoms with Gasteiger partial charge in [-0.2, -0.15) is 0 Å². The van der Waals surface area contributed by atoms with E-state index in [4.69, 9.17) is 4.74 Å². The Labute approximate surface area is 170 Å². The normalized spacial score (nSPS) is 18.5. The molecule has 2 aliphatic rings. The number of hydrogen-bond donors (Lipinski definition) is 1. The number of amides is 4. The second kappa shape index (κ2) is 9.07. The summed E-state index contributed by atoms with van der Waals surface area (Å²) in [4.78, 5) is 52.1. The summed E-state index contributed by atoms with van der Waals surface area (Å²) in [6.07, 6.45) is 2.27. The van der Waals surface area contributed by atoms with Gasteiger partial charge >= 0.3 is 0 Å². The highest BCUT2D eigenvalue weighted by atomic mass is 16.5. The molecule has 29 heavy (non-hydrogen) atoms. The lowest BCUT2D eigenvalue weighted by molar-refractivity contribution is -0.137. The first-order valence-corrected chi connectivity index (χ1v) is 10.1. The Kier molecular flexibility index (Phi) is 6.51. The van der Waals surface area contributed by atoms with Crippen molar-refractivity contribution in [1.29, 1.82) is 0 Å². The summed E-state index contributed by atoms with van der Waals surface area (Å²) in [5.74, 6) is -0.633. The molecule has 8 heteroatoms. The van der Waals surface area contributed by atoms with Crippen LogP contribution in [0.25, 0.3) is 0 Å². The fourth-order valence-electron chi connectivity index (χ4n) is 3.82. The van der Waals surface area contributed by atoms with Gasteiger partial charge in [-0.1, -0.05) is 19.9 Å². The third-order valence-corrected chi connectivity index (χ3v) is 5.23. The van der Waals surface area contributed by atoms with Crippen LogP contribution in [-0.2, 0) is 20.9 Å². The summed E-state index contributed by atoms with van der Waals surface area (Å²) in [6, 6.07) is 4.46. The Morgan fingerprint density at radius 2 is 1.93 bits per heavy atom. The summed E-state index contributed by atoms with van der Waals surface area (Å²) < 4.78 is 5.79. The number of imide groups is 1. The summed E-state index contributed by atoms with van der Waals surface area (Å²) in [5.41, 5.74) is 1.14. The number of hydrogen-bond acceptors (Lipinski definition) is 5. The van der Waals surface area contributed by atoms with Crippen LogP contribution in [0.2, 0.25) is 0 Å². The maximum Gasteiger partial charge on any atom is 0.260 e. The molecule has 0 spiro atoms. The van der Waals surface area contributed by atoms with Crippen LogP contribution in [0.1, 0.15) is 55.5 Å². The number of benzene rings is 1. The second-order valence-corrected chi connectivity index (χ2v) is 7.35. The van der Waals surface area contributed by atoms with Gasteiger partial charge in [-0.05, 0) is 31.4 Å². The Morgan fingerprint density at radius 1 is 1.21 bits per heavy atom. The van der Waals surface area contributed by atoms with Gasteiger partial charge in [-0.15, -0.1) is 0 Å². The summed E-state index contributed by atoms with van der Waals surface area (Å²) >= 11 is 0. The first kappa shape index (κ1) is 20.8. The van der Waals surface area contributed by atoms with E-state index in [1.165, 1.54) is 4.90 Å². The van der Waals surface area contributed by atoms with Crippen molar-refractivity contribution in [3.05, 3.63) is 29.3 Å². The molecule has 1 aromatic rings. The van der Waals surface area contributed by atoms with Gasteiger partial charge in [0.05, 0.1) is 6.54 Å². The fraction of sp³-hybridized carbons (Fsp3) is 0.524. The molecule has 4 amide bonds. The standard InChI is InChI=1S/C21H27N3O5/c1-3-10-23(11-4-2)19(26)13-29-17-7-5-6-14-15(17)12-24(21(14)28)16-8-9-18(25)22-20(16)27/h5-7,16H,3-4,8-13H2,1-2H3,(H,22,25,27). The van der Waals surface area contributed by atoms with Gasteiger partial charge in [0.15, 0.2) is 6.61 Å². The van der Waals surface area contributed by atoms with Crippen LogP contribution in [0, 0.1) is 0 Å². The molecule has 0 bridgehead atoms. The molecule has 2 aliphatic heterocycles. The minimum absolute atomic E-state index is 0.0855. The molecular formula is C21H27N3O5. The molecule has 0 aliphatic carbocycles. The van der Waals surface area contributed by atoms with Gasteiger partial charge in [-0.25, -0.2) is 0 Å². The molecule has 1 saturated heterocycles. The lowest BCUT2D eigenvalue weighted by Crippen LogP contribution is -2.52. The molecule has 2 heterocycles. The number of piperidine rings is 1. The van der Waals surface area contributed by atoms with Gasteiger partial charge in [0.2, 0.25) is 11.8 Å². The highest BCUT2D eigenvalue weighted by Gasteiger charge is 2.40. The third-order valence-electron chi connectivity index (χ3n) is 5.23. The van der Waals surface area contributed by atoms with Crippen LogP contribution in [-0.4, -0.2) is 59.2 Å². The lowest BCUT2D eigenvalue weighted by Gasteiger charge is -2.29. The van der Waals surface area contributed by atoms with E-state index in [2.05, 4.69) is 5.32 Å². The molecule has 1 fully saturated rings. The zero-order valence-corrected chi connectivity index (χ0v) is 16.9. The van der Waals surface area contributed by atoms with Gasteiger partial charge in [0.25, 0.3) is 11.8 Å². The van der Waals surface area contributed by atoms with Crippen molar-refractivity contribution in [2.75, 3.05) is 19.7 Å². The zero-order valence-electron chi connectivity index (χ0n) is 16.9. The third kappa shape index (κ3) is 4.41. The van der Waals surface area contributed by atoms with E-state index in [1.807, 2.05) is 13.8 Å². The first-order chi connectivity index (χ1) is 14.0. The average molecular weight is 401 g/mol. The number of nitrogens with one attached hydrogen (secondary N) is 1. The van der Waals surface area contributed by atoms with E-state index >= 15 is 0 Å². The highest BCUT2D eigenvalue weighted by Crippen LogP contribution is 2.33. The first-order valence-electron chi connectivity index (χ1n) is 10.1. The molecule has 1 aromatic carbocycles. The van der Waals surface area contributed by atoms with Crippen molar-refractivity contribution in [3.63, 3.8) is 0 Å². The molecule has 0 aromatic heterocycles. The highest BCUT2D eigenvalue weighted by molar-refractivity contribution is 6.05. The minimum atomic E-state index is -0.674. The zero-order chi connectivity index (χ0) is 21.0. The molecule has 0 saturated carbocycles. The predicted molar refractivity (Wildman–Crippen MR) is 105 cm³/mol. The number of nitrogens with zero attached hydrogens (tertiary/aromatic N) is 2. The number of carbonyl (C=O) groups is 4. The number of carbonyl (C=O) groups excluding carboxylic acids is 4. The monoisotopic (exact) mass is 401 g/mol. The SMILES string of the molecule is CCCN(CCC)C(=O)COc1cccc2c1CN(C1CCC(=O)NC1=O)C2=O. The average Bonchev–Trinajstić information content (AvgIpc) is 3.03. The van der Waals surface area contributed by atoms with Gasteiger partial charge in [-0.3, -0.25) is 24.5 Å². The maximum atomic E-state index is 12.8. The van der Waals surface area contributed by atoms with Crippen LogP contribution in [0.3, 0.4) is 0 Å². The maximum absolute atomic E-state index is 12.8. The quantitative estimate of drug-likeness (QED) is 0.666. The minimum Gasteiger partial charge on any atom is -0.483 e. The molecule has 156 valence electrons. The van der Waals surface area contributed by atoms with Crippen molar-refractivity contribution < 1.29 is 23.9 Å². The van der Waals surface area contributed by atoms with Crippen LogP contribution < -0.4 is 10.1 Å². The largest absolute Gasteiger partial charge is 0.483 e. The van der Waals surface area contributed by atoms with E-state index in [9.17, 15) is 19.2 Å². The predicted octanol–water partition coefficient (Wildman–Crippen LogP) is 1.48. The van der Waals surface area contributed by atoms with Crippen LogP contribution >= 0.6 is 0 Å². The Hall–Kier alpha value is -2.90. The van der Waals surface area contributed by atoms with Gasteiger partial charge in [0.1, 0.15) is 11.8 Å². The molecular weight excluding hydrogens is 374 g/mol. The molecule has 1 unspecified atom stereocenters. The van der Waals surface area contributed by atoms with Crippen LogP contribution in [0.4, 0.5) is 0 Å². The summed E-state index contributed by atoms with van der Waals surface area (Å²) in [6.45, 7) is 5.54. The van der Waals surface area contributed by atoms with Crippen molar-refractivity contribution >= 4 is 23.6 Å². The lowest BCUT2D eigenvalue weighted by atomic mass is 10.0. The van der Waals surface area contributed by atoms with Crippen LogP contribution in [0.5, 0.6) is 5.75 Å². The molecule has 3 rings (SSSR count). The van der Waals surface area contributed by atoms with Crippen molar-refractivity contribution in [1.82, 2.24) is 15.1 Å². The van der Waals surface area contributed by atoms with Crippen molar-refractivity contribution in [3.8, 4) is 5.75 Å². The number of rotatable bonds is 8. The van der Waals surface area contributed by atoms with Gasteiger partial charge < -0.3 is 14.5 Å². The Bertz CT molecular complexity index is 817. The van der Waals surface area contributed by atoms with E-state index < -0.39 is 11.9 Å². The molecule has 0 radical (unpaired) electrons. The summed E-state index contributed by atoms with van der Waals surface area (Å²) in [7, 11) is 0. The van der Waals surface area contributed by atoms with Crippen molar-refractivity contribution in [2.24, 2.45) is 0 Å². The topological polar surface area (TPSA) is 96.0 Å². The smallest absolute Gasteiger partial charge is 0.260 e. The summed E-state index contributed by atoms with van der Waals surface area (Å²) in [5, 5.41) is 2.29. The number of fused-ring (bicyclic) bond motifs is 1. The van der Waals surface area contributed by atoms with Crippen molar-refractivity contribution in [2.45, 2.75) is 52.1 Å².